The van der Waals surface area contributed by atoms with Crippen LogP contribution in [0.5, 0.6) is 0 Å². The van der Waals surface area contributed by atoms with E-state index in [1.54, 1.807) is 24.3 Å². The van der Waals surface area contributed by atoms with Gasteiger partial charge >= 0.3 is 5.97 Å². The number of benzene rings is 3. The summed E-state index contributed by atoms with van der Waals surface area (Å²) in [5.74, 6) is -0.844. The third-order valence-electron chi connectivity index (χ3n) is 6.27. The molecule has 0 saturated heterocycles. The number of amides is 1. The molecule has 1 aromatic heterocycles. The fourth-order valence-corrected chi connectivity index (χ4v) is 5.11. The second-order valence-corrected chi connectivity index (χ2v) is 9.97. The number of thiazole rings is 1. The Balaban J connectivity index is 0.000000376. The lowest BCUT2D eigenvalue weighted by Gasteiger charge is -2.05. The Morgan fingerprint density at radius 2 is 1.60 bits per heavy atom. The van der Waals surface area contributed by atoms with E-state index < -0.39 is 5.97 Å². The lowest BCUT2D eigenvalue weighted by atomic mass is 10.0. The highest BCUT2D eigenvalue weighted by Crippen LogP contribution is 2.30. The van der Waals surface area contributed by atoms with E-state index in [4.69, 9.17) is 10.2 Å². The number of rotatable bonds is 8. The average Bonchev–Trinajstić information content (AvgIpc) is 3.68. The Hall–Kier alpha value is -4.08. The molecule has 5 rings (SSSR count). The van der Waals surface area contributed by atoms with Crippen LogP contribution >= 0.6 is 11.3 Å². The Morgan fingerprint density at radius 3 is 2.15 bits per heavy atom. The van der Waals surface area contributed by atoms with Crippen molar-refractivity contribution >= 4 is 50.5 Å². The molecule has 210 valence electrons. The summed E-state index contributed by atoms with van der Waals surface area (Å²) < 4.78 is 0.904. The number of aldehydes is 1. The van der Waals surface area contributed by atoms with Crippen molar-refractivity contribution in [1.29, 1.82) is 0 Å². The van der Waals surface area contributed by atoms with Crippen LogP contribution < -0.4 is 10.6 Å². The van der Waals surface area contributed by atoms with Gasteiger partial charge < -0.3 is 20.8 Å². The molecule has 8 nitrogen and oxygen atoms in total. The number of fused-ring (bicyclic) bond motifs is 1. The SMILES string of the molecule is CC.O=C(O)C1CCCC1.O=Cc1ccc(-c2ccc(Nc3nc4ccc(C(=O)NCCO)cc4s3)cc2)cc1. The standard InChI is InChI=1S/C23H19N3O3S.C6H10O2.C2H6/c27-12-11-24-22(29)18-7-10-20-21(13-18)30-23(26-20)25-19-8-5-17(6-9-19)16-3-1-15(14-28)2-4-16;7-6(8)5-3-1-2-4-5;1-2/h1-10,13-14,27H,11-12H2,(H,24,29)(H,25,26);5H,1-4H2,(H,7,8);1-2H3. The lowest BCUT2D eigenvalue weighted by Crippen LogP contribution is -2.26. The van der Waals surface area contributed by atoms with Crippen molar-refractivity contribution in [2.45, 2.75) is 39.5 Å². The quantitative estimate of drug-likeness (QED) is 0.180. The number of carbonyl (C=O) groups is 3. The summed E-state index contributed by atoms with van der Waals surface area (Å²) in [7, 11) is 0. The normalized spacial score (nSPS) is 12.5. The number of carboxylic acids is 1. The van der Waals surface area contributed by atoms with Crippen molar-refractivity contribution in [3.63, 3.8) is 0 Å². The zero-order chi connectivity index (χ0) is 28.9. The van der Waals surface area contributed by atoms with Gasteiger partial charge in [0.2, 0.25) is 0 Å². The molecule has 1 heterocycles. The Kier molecular flexibility index (Phi) is 11.8. The molecule has 0 bridgehead atoms. The minimum Gasteiger partial charge on any atom is -0.481 e. The van der Waals surface area contributed by atoms with E-state index in [1.165, 1.54) is 11.3 Å². The highest BCUT2D eigenvalue weighted by atomic mass is 32.1. The highest BCUT2D eigenvalue weighted by molar-refractivity contribution is 7.22. The lowest BCUT2D eigenvalue weighted by molar-refractivity contribution is -0.141. The molecule has 3 aromatic carbocycles. The van der Waals surface area contributed by atoms with Crippen LogP contribution in [0.3, 0.4) is 0 Å². The molecule has 0 radical (unpaired) electrons. The first kappa shape index (κ1) is 30.5. The van der Waals surface area contributed by atoms with E-state index in [9.17, 15) is 14.4 Å². The van der Waals surface area contributed by atoms with Crippen LogP contribution in [0.2, 0.25) is 0 Å². The first-order valence-electron chi connectivity index (χ1n) is 13.4. The van der Waals surface area contributed by atoms with E-state index in [0.717, 1.165) is 64.1 Å². The number of carbonyl (C=O) groups excluding carboxylic acids is 2. The molecule has 1 saturated carbocycles. The maximum absolute atomic E-state index is 12.1. The molecule has 1 aliphatic rings. The van der Waals surface area contributed by atoms with E-state index in [0.29, 0.717) is 11.1 Å². The third kappa shape index (κ3) is 8.46. The summed E-state index contributed by atoms with van der Waals surface area (Å²) in [6.45, 7) is 4.13. The topological polar surface area (TPSA) is 129 Å². The molecule has 0 atom stereocenters. The van der Waals surface area contributed by atoms with Gasteiger partial charge in [0.1, 0.15) is 6.29 Å². The number of aliphatic hydroxyl groups is 1. The van der Waals surface area contributed by atoms with Gasteiger partial charge in [-0.15, -0.1) is 0 Å². The maximum atomic E-state index is 12.1. The van der Waals surface area contributed by atoms with E-state index in [2.05, 4.69) is 15.6 Å². The Morgan fingerprint density at radius 1 is 0.975 bits per heavy atom. The van der Waals surface area contributed by atoms with Crippen LogP contribution in [0.15, 0.2) is 66.7 Å². The largest absolute Gasteiger partial charge is 0.481 e. The van der Waals surface area contributed by atoms with Gasteiger partial charge in [-0.05, 0) is 54.3 Å². The smallest absolute Gasteiger partial charge is 0.306 e. The molecular formula is C31H35N3O5S. The van der Waals surface area contributed by atoms with Crippen LogP contribution in [-0.4, -0.2) is 46.5 Å². The van der Waals surface area contributed by atoms with Crippen LogP contribution in [-0.2, 0) is 4.79 Å². The van der Waals surface area contributed by atoms with Gasteiger partial charge in [-0.1, -0.05) is 74.4 Å². The number of nitrogens with one attached hydrogen (secondary N) is 2. The molecule has 0 aliphatic heterocycles. The molecule has 40 heavy (non-hydrogen) atoms. The van der Waals surface area contributed by atoms with Crippen LogP contribution in [0, 0.1) is 5.92 Å². The number of aliphatic hydroxyl groups excluding tert-OH is 1. The molecule has 1 fully saturated rings. The second kappa shape index (κ2) is 15.5. The van der Waals surface area contributed by atoms with Gasteiger partial charge in [0.25, 0.3) is 5.91 Å². The summed E-state index contributed by atoms with van der Waals surface area (Å²) >= 11 is 1.47. The summed E-state index contributed by atoms with van der Waals surface area (Å²) in [4.78, 5) is 37.6. The summed E-state index contributed by atoms with van der Waals surface area (Å²) in [5.41, 5.74) is 5.01. The number of nitrogens with zero attached hydrogens (tertiary/aromatic N) is 1. The van der Waals surface area contributed by atoms with Gasteiger partial charge in [0, 0.05) is 23.4 Å². The zero-order valence-electron chi connectivity index (χ0n) is 22.7. The number of carboxylic acid groups (broad SMARTS) is 1. The van der Waals surface area contributed by atoms with Crippen LogP contribution in [0.1, 0.15) is 60.2 Å². The highest BCUT2D eigenvalue weighted by Gasteiger charge is 2.21. The zero-order valence-corrected chi connectivity index (χ0v) is 23.5. The predicted molar refractivity (Wildman–Crippen MR) is 161 cm³/mol. The minimum absolute atomic E-state index is 0.0185. The summed E-state index contributed by atoms with van der Waals surface area (Å²) in [5, 5.41) is 23.9. The monoisotopic (exact) mass is 561 g/mol. The summed E-state index contributed by atoms with van der Waals surface area (Å²) in [6, 6.07) is 20.8. The van der Waals surface area contributed by atoms with Crippen molar-refractivity contribution in [1.82, 2.24) is 10.3 Å². The number of aliphatic carboxylic acids is 1. The predicted octanol–water partition coefficient (Wildman–Crippen LogP) is 6.53. The first-order valence-corrected chi connectivity index (χ1v) is 14.2. The number of anilines is 2. The van der Waals surface area contributed by atoms with Crippen molar-refractivity contribution in [3.8, 4) is 11.1 Å². The molecular weight excluding hydrogens is 526 g/mol. The van der Waals surface area contributed by atoms with Crippen molar-refractivity contribution < 1.29 is 24.6 Å². The van der Waals surface area contributed by atoms with Crippen molar-refractivity contribution in [2.75, 3.05) is 18.5 Å². The minimum atomic E-state index is -0.609. The second-order valence-electron chi connectivity index (χ2n) is 8.94. The maximum Gasteiger partial charge on any atom is 0.306 e. The fraction of sp³-hybridized carbons (Fsp3) is 0.290. The van der Waals surface area contributed by atoms with Gasteiger partial charge in [0.15, 0.2) is 5.13 Å². The van der Waals surface area contributed by atoms with Crippen molar-refractivity contribution in [2.24, 2.45) is 5.92 Å². The molecule has 0 spiro atoms. The third-order valence-corrected chi connectivity index (χ3v) is 7.20. The van der Waals surface area contributed by atoms with Crippen LogP contribution in [0.25, 0.3) is 21.3 Å². The Bertz CT molecular complexity index is 1400. The van der Waals surface area contributed by atoms with E-state index in [1.807, 2.05) is 56.3 Å². The Labute approximate surface area is 238 Å². The van der Waals surface area contributed by atoms with Gasteiger partial charge in [0.05, 0.1) is 22.7 Å². The van der Waals surface area contributed by atoms with E-state index >= 15 is 0 Å². The molecule has 9 heteroatoms. The number of hydrogen-bond donors (Lipinski definition) is 4. The van der Waals surface area contributed by atoms with Gasteiger partial charge in [-0.2, -0.15) is 0 Å². The fourth-order valence-electron chi connectivity index (χ4n) is 4.19. The van der Waals surface area contributed by atoms with Gasteiger partial charge in [-0.25, -0.2) is 4.98 Å². The van der Waals surface area contributed by atoms with Gasteiger partial charge in [-0.3, -0.25) is 14.4 Å². The summed E-state index contributed by atoms with van der Waals surface area (Å²) in [6.07, 6.45) is 4.85. The van der Waals surface area contributed by atoms with E-state index in [-0.39, 0.29) is 25.0 Å². The average molecular weight is 562 g/mol. The number of hydrogen-bond acceptors (Lipinski definition) is 7. The first-order chi connectivity index (χ1) is 19.5. The molecule has 0 unspecified atom stereocenters. The molecule has 4 N–H and O–H groups in total. The van der Waals surface area contributed by atoms with Crippen LogP contribution in [0.4, 0.5) is 10.8 Å². The van der Waals surface area contributed by atoms with Crippen molar-refractivity contribution in [3.05, 3.63) is 77.9 Å². The molecule has 1 amide bonds. The molecule has 4 aromatic rings. The molecule has 1 aliphatic carbocycles. The number of aromatic nitrogens is 1.